The van der Waals surface area contributed by atoms with Crippen molar-refractivity contribution >= 4 is 28.9 Å². The van der Waals surface area contributed by atoms with Crippen molar-refractivity contribution in [2.24, 2.45) is 5.73 Å². The highest BCUT2D eigenvalue weighted by Gasteiger charge is 2.40. The van der Waals surface area contributed by atoms with Crippen molar-refractivity contribution < 1.29 is 0 Å². The summed E-state index contributed by atoms with van der Waals surface area (Å²) in [6, 6.07) is 2.07. The monoisotopic (exact) mass is 368 g/mol. The molecule has 136 valence electrons. The van der Waals surface area contributed by atoms with Crippen molar-refractivity contribution in [2.75, 3.05) is 5.32 Å². The number of hydrogen-bond acceptors (Lipinski definition) is 7. The average Bonchev–Trinajstić information content (AvgIpc) is 2.83. The number of nitrogens with one attached hydrogen (secondary N) is 2. The van der Waals surface area contributed by atoms with Crippen LogP contribution in [0, 0.1) is 19.3 Å². The number of thioether (sulfide) groups is 1. The van der Waals surface area contributed by atoms with Crippen molar-refractivity contribution in [1.82, 2.24) is 15.0 Å². The Hall–Kier alpha value is -2.25. The zero-order valence-electron chi connectivity index (χ0n) is 15.8. The number of aromatic nitrogens is 3. The number of aryl methyl sites for hydroxylation is 2. The number of nitrogens with two attached hydrogens (primary N) is 1. The van der Waals surface area contributed by atoms with E-state index < -0.39 is 4.87 Å². The Morgan fingerprint density at radius 2 is 2.00 bits per heavy atom. The third-order valence-electron chi connectivity index (χ3n) is 4.59. The number of rotatable bonds is 4. The van der Waals surface area contributed by atoms with E-state index in [1.54, 1.807) is 13.3 Å². The van der Waals surface area contributed by atoms with E-state index in [4.69, 9.17) is 11.1 Å². The van der Waals surface area contributed by atoms with E-state index in [9.17, 15) is 0 Å². The van der Waals surface area contributed by atoms with Crippen LogP contribution in [0.25, 0.3) is 5.57 Å². The normalized spacial score (nSPS) is 20.7. The minimum Gasteiger partial charge on any atom is -0.365 e. The summed E-state index contributed by atoms with van der Waals surface area (Å²) < 4.78 is 0. The Kier molecular flexibility index (Phi) is 4.86. The molecule has 3 rings (SSSR count). The minimum absolute atomic E-state index is 0.500. The first-order chi connectivity index (χ1) is 12.2. The first-order valence-corrected chi connectivity index (χ1v) is 9.28. The van der Waals surface area contributed by atoms with Gasteiger partial charge in [0.15, 0.2) is 0 Å². The van der Waals surface area contributed by atoms with E-state index in [0.29, 0.717) is 12.3 Å². The molecule has 6 nitrogen and oxygen atoms in total. The molecule has 7 heteroatoms. The maximum atomic E-state index is 7.98. The molecule has 0 amide bonds. The van der Waals surface area contributed by atoms with Crippen molar-refractivity contribution in [3.8, 4) is 0 Å². The Bertz CT molecular complexity index is 916. The van der Waals surface area contributed by atoms with Gasteiger partial charge in [-0.15, -0.1) is 0 Å². The molecule has 1 atom stereocenters. The van der Waals surface area contributed by atoms with E-state index in [0.717, 1.165) is 38.8 Å². The molecule has 1 unspecified atom stereocenters. The fraction of sp³-hybridized carbons (Fsp3) is 0.368. The second kappa shape index (κ2) is 6.81. The van der Waals surface area contributed by atoms with Crippen LogP contribution in [0.3, 0.4) is 0 Å². The van der Waals surface area contributed by atoms with Crippen LogP contribution in [0.1, 0.15) is 43.3 Å². The summed E-state index contributed by atoms with van der Waals surface area (Å²) in [7, 11) is 0. The minimum atomic E-state index is -0.636. The number of pyridine rings is 1. The second-order valence-electron chi connectivity index (χ2n) is 6.84. The van der Waals surface area contributed by atoms with Gasteiger partial charge in [0.2, 0.25) is 0 Å². The summed E-state index contributed by atoms with van der Waals surface area (Å²) >= 11 is 1.54. The van der Waals surface area contributed by atoms with Gasteiger partial charge in [-0.3, -0.25) is 4.98 Å². The molecule has 26 heavy (non-hydrogen) atoms. The molecule has 0 radical (unpaired) electrons. The number of allylic oxidation sites excluding steroid dienone is 1. The zero-order valence-corrected chi connectivity index (χ0v) is 16.6. The lowest BCUT2D eigenvalue weighted by Crippen LogP contribution is -2.31. The first-order valence-electron chi connectivity index (χ1n) is 8.47. The van der Waals surface area contributed by atoms with Gasteiger partial charge in [-0.25, -0.2) is 9.97 Å². The maximum absolute atomic E-state index is 7.98. The van der Waals surface area contributed by atoms with E-state index in [-0.39, 0.29) is 0 Å². The Morgan fingerprint density at radius 1 is 1.27 bits per heavy atom. The fourth-order valence-corrected chi connectivity index (χ4v) is 4.35. The Balaban J connectivity index is 1.96. The van der Waals surface area contributed by atoms with Crippen LogP contribution >= 0.6 is 11.8 Å². The highest BCUT2D eigenvalue weighted by atomic mass is 32.2. The molecule has 1 aliphatic heterocycles. The van der Waals surface area contributed by atoms with Crippen LogP contribution in [0.4, 0.5) is 5.82 Å². The lowest BCUT2D eigenvalue weighted by atomic mass is 9.97. The number of anilines is 1. The summed E-state index contributed by atoms with van der Waals surface area (Å²) in [6.07, 6.45) is 3.45. The quantitative estimate of drug-likeness (QED) is 0.712. The standard InChI is InChI=1S/C19H24N6S/c1-10-6-11(2)22-7-14(10)8-23-18-17-16(24-9-25-18)15(12(3)13(4)20)19(5,21)26-17/h6-7,9,20H,8,21H2,1-5H3,(H,23,24,25)/b15-12-,20-13?. The Morgan fingerprint density at radius 3 is 2.65 bits per heavy atom. The lowest BCUT2D eigenvalue weighted by Gasteiger charge is -2.20. The molecule has 4 N–H and O–H groups in total. The third kappa shape index (κ3) is 3.37. The zero-order chi connectivity index (χ0) is 19.1. The molecule has 3 heterocycles. The Labute approximate surface area is 158 Å². The number of fused-ring (bicyclic) bond motifs is 1. The van der Waals surface area contributed by atoms with Crippen LogP contribution in [0.5, 0.6) is 0 Å². The molecule has 0 spiro atoms. The molecule has 0 saturated heterocycles. The summed E-state index contributed by atoms with van der Waals surface area (Å²) in [5, 5.41) is 11.4. The molecule has 2 aromatic heterocycles. The number of hydrogen-bond donors (Lipinski definition) is 3. The first kappa shape index (κ1) is 18.5. The van der Waals surface area contributed by atoms with Crippen molar-refractivity contribution in [1.29, 1.82) is 5.41 Å². The molecule has 0 fully saturated rings. The van der Waals surface area contributed by atoms with Gasteiger partial charge in [0.05, 0.1) is 15.5 Å². The molecule has 0 aromatic carbocycles. The van der Waals surface area contributed by atoms with E-state index >= 15 is 0 Å². The van der Waals surface area contributed by atoms with Gasteiger partial charge >= 0.3 is 0 Å². The van der Waals surface area contributed by atoms with Gasteiger partial charge in [0, 0.05) is 29.7 Å². The van der Waals surface area contributed by atoms with Crippen LogP contribution in [-0.4, -0.2) is 25.5 Å². The van der Waals surface area contributed by atoms with Gasteiger partial charge in [-0.2, -0.15) is 0 Å². The van der Waals surface area contributed by atoms with E-state index in [1.165, 1.54) is 17.3 Å². The second-order valence-corrected chi connectivity index (χ2v) is 8.30. The van der Waals surface area contributed by atoms with Gasteiger partial charge in [0.1, 0.15) is 12.1 Å². The van der Waals surface area contributed by atoms with Crippen molar-refractivity contribution in [2.45, 2.75) is 50.9 Å². The van der Waals surface area contributed by atoms with Gasteiger partial charge in [0.25, 0.3) is 0 Å². The summed E-state index contributed by atoms with van der Waals surface area (Å²) in [5.74, 6) is 0.766. The summed E-state index contributed by atoms with van der Waals surface area (Å²) in [5.41, 5.74) is 13.0. The summed E-state index contributed by atoms with van der Waals surface area (Å²) in [4.78, 5) is 13.6. The van der Waals surface area contributed by atoms with E-state index in [1.807, 2.05) is 27.0 Å². The molecule has 2 aromatic rings. The SMILES string of the molecule is CC(=N)/C(C)=C1/c2ncnc(NCc3cnc(C)cc3C)c2SC1(C)N. The molecular formula is C19H24N6S. The van der Waals surface area contributed by atoms with Crippen LogP contribution in [0.15, 0.2) is 29.1 Å². The summed E-state index contributed by atoms with van der Waals surface area (Å²) in [6.45, 7) is 10.4. The van der Waals surface area contributed by atoms with Crippen LogP contribution < -0.4 is 11.1 Å². The number of nitrogens with zero attached hydrogens (tertiary/aromatic N) is 3. The van der Waals surface area contributed by atoms with Gasteiger partial charge in [-0.05, 0) is 57.4 Å². The van der Waals surface area contributed by atoms with Crippen LogP contribution in [-0.2, 0) is 6.54 Å². The molecule has 1 aliphatic rings. The van der Waals surface area contributed by atoms with Crippen molar-refractivity contribution in [3.05, 3.63) is 46.7 Å². The molecule has 0 bridgehead atoms. The van der Waals surface area contributed by atoms with E-state index in [2.05, 4.69) is 33.3 Å². The lowest BCUT2D eigenvalue weighted by molar-refractivity contribution is 0.871. The molecular weight excluding hydrogens is 344 g/mol. The van der Waals surface area contributed by atoms with Crippen molar-refractivity contribution in [3.63, 3.8) is 0 Å². The van der Waals surface area contributed by atoms with Gasteiger partial charge < -0.3 is 16.5 Å². The maximum Gasteiger partial charge on any atom is 0.144 e. The van der Waals surface area contributed by atoms with Crippen LogP contribution in [0.2, 0.25) is 0 Å². The predicted octanol–water partition coefficient (Wildman–Crippen LogP) is 3.69. The molecule has 0 saturated carbocycles. The fourth-order valence-electron chi connectivity index (χ4n) is 3.10. The smallest absolute Gasteiger partial charge is 0.144 e. The van der Waals surface area contributed by atoms with Gasteiger partial charge in [-0.1, -0.05) is 11.8 Å². The topological polar surface area (TPSA) is 101 Å². The highest BCUT2D eigenvalue weighted by Crippen LogP contribution is 2.52. The predicted molar refractivity (Wildman–Crippen MR) is 108 cm³/mol. The molecule has 0 aliphatic carbocycles. The third-order valence-corrected chi connectivity index (χ3v) is 5.81. The average molecular weight is 369 g/mol. The largest absolute Gasteiger partial charge is 0.365 e. The highest BCUT2D eigenvalue weighted by molar-refractivity contribution is 8.01.